The van der Waals surface area contributed by atoms with E-state index in [-0.39, 0.29) is 0 Å². The van der Waals surface area contributed by atoms with Crippen LogP contribution in [0.25, 0.3) is 52.9 Å². The van der Waals surface area contributed by atoms with E-state index < -0.39 is 0 Å². The molecule has 0 atom stereocenters. The van der Waals surface area contributed by atoms with Gasteiger partial charge in [-0.1, -0.05) is 17.7 Å². The van der Waals surface area contributed by atoms with E-state index in [9.17, 15) is 0 Å². The van der Waals surface area contributed by atoms with Crippen molar-refractivity contribution in [2.24, 2.45) is 0 Å². The second kappa shape index (κ2) is 4.73. The number of aromatic nitrogens is 2. The molecule has 0 spiro atoms. The zero-order chi connectivity index (χ0) is 18.7. The molecule has 0 aliphatic carbocycles. The van der Waals surface area contributed by atoms with Crippen LogP contribution in [0.2, 0.25) is 0 Å². The molecule has 1 aliphatic rings. The first-order chi connectivity index (χ1) is 13.6. The van der Waals surface area contributed by atoms with Gasteiger partial charge in [0.15, 0.2) is 6.20 Å². The Morgan fingerprint density at radius 2 is 1.75 bits per heavy atom. The van der Waals surface area contributed by atoms with E-state index in [2.05, 4.69) is 78.6 Å². The van der Waals surface area contributed by atoms with Gasteiger partial charge in [-0.15, -0.1) is 11.3 Å². The molecule has 4 heterocycles. The monoisotopic (exact) mass is 379 g/mol. The Labute approximate surface area is 166 Å². The fourth-order valence-electron chi connectivity index (χ4n) is 5.26. The summed E-state index contributed by atoms with van der Waals surface area (Å²) in [7, 11) is 0. The van der Waals surface area contributed by atoms with Crippen LogP contribution in [0.15, 0.2) is 48.7 Å². The molecule has 0 unspecified atom stereocenters. The zero-order valence-electron chi connectivity index (χ0n) is 16.1. The molecule has 134 valence electrons. The number of hydrogen-bond acceptors (Lipinski definition) is 1. The minimum Gasteiger partial charge on any atom is -0.284 e. The van der Waals surface area contributed by atoms with Gasteiger partial charge in [0.25, 0.3) is 0 Å². The van der Waals surface area contributed by atoms with Crippen LogP contribution in [0.1, 0.15) is 16.7 Å². The van der Waals surface area contributed by atoms with E-state index in [1.165, 1.54) is 69.6 Å². The lowest BCUT2D eigenvalue weighted by Crippen LogP contribution is -2.37. The molecule has 0 amide bonds. The third-order valence-corrected chi connectivity index (χ3v) is 7.83. The Morgan fingerprint density at radius 1 is 0.857 bits per heavy atom. The van der Waals surface area contributed by atoms with Crippen LogP contribution in [0, 0.1) is 20.8 Å². The minimum atomic E-state index is 0.860. The van der Waals surface area contributed by atoms with E-state index in [0.717, 1.165) is 6.67 Å². The lowest BCUT2D eigenvalue weighted by molar-refractivity contribution is -0.674. The van der Waals surface area contributed by atoms with E-state index in [4.69, 9.17) is 0 Å². The van der Waals surface area contributed by atoms with Crippen LogP contribution in [-0.4, -0.2) is 4.57 Å². The predicted octanol–water partition coefficient (Wildman–Crippen LogP) is 6.35. The Hall–Kier alpha value is -2.91. The molecule has 0 saturated heterocycles. The molecule has 0 saturated carbocycles. The lowest BCUT2D eigenvalue weighted by Gasteiger charge is -2.07. The van der Waals surface area contributed by atoms with Gasteiger partial charge in [0, 0.05) is 26.9 Å². The molecule has 2 nitrogen and oxygen atoms in total. The van der Waals surface area contributed by atoms with Gasteiger partial charge in [-0.05, 0) is 61.5 Å². The average molecular weight is 380 g/mol. The Kier molecular flexibility index (Phi) is 2.55. The van der Waals surface area contributed by atoms with Gasteiger partial charge in [-0.25, -0.2) is 0 Å². The summed E-state index contributed by atoms with van der Waals surface area (Å²) in [5.74, 6) is 0. The van der Waals surface area contributed by atoms with Gasteiger partial charge in [-0.3, -0.25) is 4.57 Å². The molecule has 0 radical (unpaired) electrons. The van der Waals surface area contributed by atoms with Crippen molar-refractivity contribution < 1.29 is 4.57 Å². The molecule has 0 bridgehead atoms. The molecule has 1 aliphatic heterocycles. The Bertz CT molecular complexity index is 1660. The van der Waals surface area contributed by atoms with Crippen molar-refractivity contribution in [3.8, 4) is 0 Å². The first-order valence-corrected chi connectivity index (χ1v) is 10.6. The van der Waals surface area contributed by atoms with Gasteiger partial charge in [0.2, 0.25) is 12.2 Å². The maximum Gasteiger partial charge on any atom is 0.233 e. The lowest BCUT2D eigenvalue weighted by atomic mass is 9.97. The third kappa shape index (κ3) is 1.59. The standard InChI is InChI=1S/C25H19N2S/c1-13-4-6-19-17(10-13)18-11-15(3)16-5-7-20-22-21(16)23(18)27(19)12-26-9-8-14(2)25(28-20)24(22)26/h4-11H,12H2,1-3H3/q+1. The molecule has 3 aromatic carbocycles. The highest BCUT2D eigenvalue weighted by Gasteiger charge is 2.27. The summed E-state index contributed by atoms with van der Waals surface area (Å²) in [6.07, 6.45) is 2.27. The van der Waals surface area contributed by atoms with Crippen molar-refractivity contribution in [2.75, 3.05) is 0 Å². The zero-order valence-corrected chi connectivity index (χ0v) is 16.9. The number of fused-ring (bicyclic) bond motifs is 3. The van der Waals surface area contributed by atoms with Gasteiger partial charge >= 0.3 is 0 Å². The van der Waals surface area contributed by atoms with Crippen LogP contribution < -0.4 is 4.57 Å². The number of pyridine rings is 1. The number of hydrogen-bond donors (Lipinski definition) is 0. The van der Waals surface area contributed by atoms with Crippen LogP contribution in [0.4, 0.5) is 0 Å². The van der Waals surface area contributed by atoms with Crippen molar-refractivity contribution in [3.63, 3.8) is 0 Å². The fourth-order valence-corrected chi connectivity index (χ4v) is 6.47. The average Bonchev–Trinajstić information content (AvgIpc) is 3.16. The van der Waals surface area contributed by atoms with Gasteiger partial charge in [0.1, 0.15) is 4.70 Å². The van der Waals surface area contributed by atoms with Crippen LogP contribution >= 0.6 is 11.3 Å². The SMILES string of the molecule is Cc1ccc2c(c1)c1cc(C)c3ccc4sc5c(C)cc[n+]6c5c4c3c1n2C6. The van der Waals surface area contributed by atoms with E-state index in [1.807, 2.05) is 11.3 Å². The fraction of sp³-hybridized carbons (Fsp3) is 0.160. The second-order valence-electron chi connectivity index (χ2n) is 8.29. The van der Waals surface area contributed by atoms with E-state index in [1.54, 1.807) is 0 Å². The van der Waals surface area contributed by atoms with Crippen LogP contribution in [0.5, 0.6) is 0 Å². The molecule has 0 fully saturated rings. The highest BCUT2D eigenvalue weighted by Crippen LogP contribution is 2.45. The van der Waals surface area contributed by atoms with Crippen molar-refractivity contribution >= 4 is 64.2 Å². The highest BCUT2D eigenvalue weighted by molar-refractivity contribution is 7.26. The number of thiophene rings is 1. The molecule has 28 heavy (non-hydrogen) atoms. The van der Waals surface area contributed by atoms with E-state index in [0.29, 0.717) is 0 Å². The quantitative estimate of drug-likeness (QED) is 0.272. The number of nitrogens with zero attached hydrogens (tertiary/aromatic N) is 2. The van der Waals surface area contributed by atoms with Crippen LogP contribution in [-0.2, 0) is 6.67 Å². The second-order valence-corrected chi connectivity index (χ2v) is 9.34. The summed E-state index contributed by atoms with van der Waals surface area (Å²) in [6, 6.07) is 16.2. The largest absolute Gasteiger partial charge is 0.284 e. The van der Waals surface area contributed by atoms with Gasteiger partial charge in [0.05, 0.1) is 16.4 Å². The molecular formula is C25H19N2S+. The molecule has 3 heteroatoms. The highest BCUT2D eigenvalue weighted by atomic mass is 32.1. The predicted molar refractivity (Wildman–Crippen MR) is 120 cm³/mol. The van der Waals surface area contributed by atoms with Gasteiger partial charge in [-0.2, -0.15) is 4.57 Å². The molecule has 3 aromatic heterocycles. The maximum absolute atomic E-state index is 2.53. The number of rotatable bonds is 0. The molecule has 0 N–H and O–H groups in total. The molecule has 7 rings (SSSR count). The summed E-state index contributed by atoms with van der Waals surface area (Å²) in [6.45, 7) is 7.55. The van der Waals surface area contributed by atoms with Crippen molar-refractivity contribution in [1.82, 2.24) is 4.57 Å². The third-order valence-electron chi connectivity index (χ3n) is 6.56. The van der Waals surface area contributed by atoms with Crippen molar-refractivity contribution in [2.45, 2.75) is 27.4 Å². The first-order valence-electron chi connectivity index (χ1n) is 9.82. The number of benzene rings is 3. The molecule has 6 aromatic rings. The summed E-state index contributed by atoms with van der Waals surface area (Å²) in [4.78, 5) is 0. The Balaban J connectivity index is 1.92. The summed E-state index contributed by atoms with van der Waals surface area (Å²) in [5.41, 5.74) is 8.19. The molecular weight excluding hydrogens is 360 g/mol. The normalized spacial score (nSPS) is 13.4. The first kappa shape index (κ1) is 15.1. The van der Waals surface area contributed by atoms with Crippen LogP contribution in [0.3, 0.4) is 0 Å². The van der Waals surface area contributed by atoms with Gasteiger partial charge < -0.3 is 0 Å². The minimum absolute atomic E-state index is 0.860. The van der Waals surface area contributed by atoms with Crippen molar-refractivity contribution in [3.05, 3.63) is 65.4 Å². The topological polar surface area (TPSA) is 8.81 Å². The summed E-state index contributed by atoms with van der Waals surface area (Å²) >= 11 is 1.94. The number of aryl methyl sites for hydroxylation is 3. The van der Waals surface area contributed by atoms with Crippen molar-refractivity contribution in [1.29, 1.82) is 0 Å². The summed E-state index contributed by atoms with van der Waals surface area (Å²) in [5, 5.41) is 7.02. The van der Waals surface area contributed by atoms with E-state index >= 15 is 0 Å². The maximum atomic E-state index is 2.53. The summed E-state index contributed by atoms with van der Waals surface area (Å²) < 4.78 is 7.80. The smallest absolute Gasteiger partial charge is 0.233 e. The Morgan fingerprint density at radius 3 is 2.64 bits per heavy atom.